The average molecular weight is 331 g/mol. The second kappa shape index (κ2) is 7.53. The second-order valence-electron chi connectivity index (χ2n) is 5.87. The van der Waals surface area contributed by atoms with E-state index in [0.29, 0.717) is 5.70 Å². The fourth-order valence-electron chi connectivity index (χ4n) is 2.73. The van der Waals surface area contributed by atoms with E-state index in [-0.39, 0.29) is 12.5 Å². The molecule has 0 aliphatic rings. The zero-order chi connectivity index (χ0) is 17.6. The number of anilines is 1. The van der Waals surface area contributed by atoms with E-state index in [9.17, 15) is 4.79 Å². The molecule has 4 heteroatoms. The lowest BCUT2D eigenvalue weighted by Crippen LogP contribution is -2.42. The first-order valence-corrected chi connectivity index (χ1v) is 8.13. The van der Waals surface area contributed by atoms with E-state index in [2.05, 4.69) is 29.6 Å². The number of hydrazine groups is 1. The van der Waals surface area contributed by atoms with E-state index in [0.717, 1.165) is 22.0 Å². The summed E-state index contributed by atoms with van der Waals surface area (Å²) in [6.07, 6.45) is 0. The van der Waals surface area contributed by atoms with Crippen LogP contribution < -0.4 is 15.8 Å². The number of hydrogen-bond acceptors (Lipinski definition) is 3. The summed E-state index contributed by atoms with van der Waals surface area (Å²) in [5.74, 6) is -0.132. The molecule has 2 N–H and O–H groups in total. The predicted octanol–water partition coefficient (Wildman–Crippen LogP) is 3.57. The molecule has 3 rings (SSSR count). The molecule has 0 fully saturated rings. The second-order valence-corrected chi connectivity index (χ2v) is 5.87. The lowest BCUT2D eigenvalue weighted by molar-refractivity contribution is -0.120. The minimum absolute atomic E-state index is 0.132. The van der Waals surface area contributed by atoms with Crippen LogP contribution in [0.1, 0.15) is 5.56 Å². The Hall–Kier alpha value is -3.27. The summed E-state index contributed by atoms with van der Waals surface area (Å²) in [5, 5.41) is 2.23. The number of nitrogens with one attached hydrogen (secondary N) is 2. The van der Waals surface area contributed by atoms with Gasteiger partial charge in [-0.25, -0.2) is 0 Å². The first-order chi connectivity index (χ1) is 12.1. The molecule has 0 aliphatic heterocycles. The Balaban J connectivity index is 1.61. The van der Waals surface area contributed by atoms with Crippen molar-refractivity contribution in [3.05, 3.63) is 84.9 Å². The van der Waals surface area contributed by atoms with Crippen LogP contribution in [0.15, 0.2) is 79.4 Å². The average Bonchev–Trinajstić information content (AvgIpc) is 2.66. The first kappa shape index (κ1) is 16.6. The lowest BCUT2D eigenvalue weighted by atomic mass is 10.0. The summed E-state index contributed by atoms with van der Waals surface area (Å²) < 4.78 is 0. The van der Waals surface area contributed by atoms with Gasteiger partial charge in [0.2, 0.25) is 0 Å². The smallest absolute Gasteiger partial charge is 0.257 e. The lowest BCUT2D eigenvalue weighted by Gasteiger charge is -2.19. The number of benzene rings is 3. The molecule has 0 spiro atoms. The third kappa shape index (κ3) is 3.98. The maximum Gasteiger partial charge on any atom is 0.257 e. The highest BCUT2D eigenvalue weighted by Gasteiger charge is 2.08. The number of likely N-dealkylation sites (N-methyl/N-ethyl adjacent to an activating group) is 1. The number of para-hydroxylation sites is 1. The first-order valence-electron chi connectivity index (χ1n) is 8.13. The van der Waals surface area contributed by atoms with Gasteiger partial charge in [-0.3, -0.25) is 15.6 Å². The van der Waals surface area contributed by atoms with Crippen molar-refractivity contribution >= 4 is 28.1 Å². The quantitative estimate of drug-likeness (QED) is 0.679. The molecule has 0 aromatic heterocycles. The van der Waals surface area contributed by atoms with Gasteiger partial charge in [-0.05, 0) is 22.9 Å². The molecule has 0 bridgehead atoms. The molecule has 0 saturated heterocycles. The van der Waals surface area contributed by atoms with Crippen molar-refractivity contribution in [1.82, 2.24) is 10.9 Å². The van der Waals surface area contributed by atoms with Crippen molar-refractivity contribution in [2.45, 2.75) is 0 Å². The molecule has 0 unspecified atom stereocenters. The minimum atomic E-state index is -0.132. The van der Waals surface area contributed by atoms with Crippen LogP contribution in [-0.4, -0.2) is 19.5 Å². The van der Waals surface area contributed by atoms with E-state index in [4.69, 9.17) is 0 Å². The van der Waals surface area contributed by atoms with Gasteiger partial charge in [-0.15, -0.1) is 0 Å². The van der Waals surface area contributed by atoms with Gasteiger partial charge in [0.15, 0.2) is 0 Å². The van der Waals surface area contributed by atoms with Crippen molar-refractivity contribution < 1.29 is 4.79 Å². The summed E-state index contributed by atoms with van der Waals surface area (Å²) in [6.45, 7) is 4.29. The molecule has 0 radical (unpaired) electrons. The van der Waals surface area contributed by atoms with Gasteiger partial charge in [-0.2, -0.15) is 0 Å². The largest absolute Gasteiger partial charge is 0.365 e. The zero-order valence-electron chi connectivity index (χ0n) is 14.2. The van der Waals surface area contributed by atoms with Gasteiger partial charge < -0.3 is 4.90 Å². The fraction of sp³-hybridized carbons (Fsp3) is 0.0952. The van der Waals surface area contributed by atoms with Crippen molar-refractivity contribution in [3.8, 4) is 0 Å². The summed E-state index contributed by atoms with van der Waals surface area (Å²) >= 11 is 0. The van der Waals surface area contributed by atoms with E-state index < -0.39 is 0 Å². The summed E-state index contributed by atoms with van der Waals surface area (Å²) in [5.41, 5.74) is 8.26. The predicted molar refractivity (Wildman–Crippen MR) is 104 cm³/mol. The molecular weight excluding hydrogens is 310 g/mol. The van der Waals surface area contributed by atoms with Crippen molar-refractivity contribution in [1.29, 1.82) is 0 Å². The Bertz CT molecular complexity index is 885. The van der Waals surface area contributed by atoms with Crippen molar-refractivity contribution in [2.75, 3.05) is 18.5 Å². The number of nitrogens with zero attached hydrogens (tertiary/aromatic N) is 1. The SMILES string of the molecule is C=C(NNC(=O)CN(C)c1ccccc1)c1cccc2ccccc12. The fourth-order valence-corrected chi connectivity index (χ4v) is 2.73. The normalized spacial score (nSPS) is 10.3. The minimum Gasteiger partial charge on any atom is -0.365 e. The third-order valence-corrected chi connectivity index (χ3v) is 4.05. The number of carbonyl (C=O) groups excluding carboxylic acids is 1. The highest BCUT2D eigenvalue weighted by atomic mass is 16.2. The summed E-state index contributed by atoms with van der Waals surface area (Å²) in [6, 6.07) is 23.9. The Morgan fingerprint density at radius 1 is 0.920 bits per heavy atom. The standard InChI is InChI=1S/C21H21N3O/c1-16(19-14-8-10-17-9-6-7-13-20(17)19)22-23-21(25)15-24(2)18-11-4-3-5-12-18/h3-14,22H,1,15H2,2H3,(H,23,25). The van der Waals surface area contributed by atoms with Gasteiger partial charge in [0.25, 0.3) is 5.91 Å². The van der Waals surface area contributed by atoms with Gasteiger partial charge in [-0.1, -0.05) is 67.2 Å². The monoisotopic (exact) mass is 331 g/mol. The van der Waals surface area contributed by atoms with E-state index in [1.54, 1.807) is 0 Å². The van der Waals surface area contributed by atoms with Crippen LogP contribution in [0.5, 0.6) is 0 Å². The summed E-state index contributed by atoms with van der Waals surface area (Å²) in [4.78, 5) is 14.1. The number of fused-ring (bicyclic) bond motifs is 1. The van der Waals surface area contributed by atoms with Crippen molar-refractivity contribution in [2.24, 2.45) is 0 Å². The van der Waals surface area contributed by atoms with E-state index in [1.165, 1.54) is 0 Å². The number of hydrogen-bond donors (Lipinski definition) is 2. The highest BCUT2D eigenvalue weighted by Crippen LogP contribution is 2.22. The van der Waals surface area contributed by atoms with Crippen LogP contribution in [0.25, 0.3) is 16.5 Å². The van der Waals surface area contributed by atoms with Crippen LogP contribution in [0.3, 0.4) is 0 Å². The molecule has 3 aromatic carbocycles. The van der Waals surface area contributed by atoms with Crippen molar-refractivity contribution in [3.63, 3.8) is 0 Å². The molecule has 3 aromatic rings. The molecule has 0 atom stereocenters. The van der Waals surface area contributed by atoms with Crippen LogP contribution in [0, 0.1) is 0 Å². The maximum absolute atomic E-state index is 12.2. The van der Waals surface area contributed by atoms with Crippen LogP contribution >= 0.6 is 0 Å². The molecule has 0 saturated carbocycles. The third-order valence-electron chi connectivity index (χ3n) is 4.05. The van der Waals surface area contributed by atoms with Gasteiger partial charge in [0.05, 0.1) is 12.2 Å². The molecule has 0 aliphatic carbocycles. The molecule has 126 valence electrons. The highest BCUT2D eigenvalue weighted by molar-refractivity contribution is 5.93. The van der Waals surface area contributed by atoms with E-state index in [1.807, 2.05) is 72.6 Å². The Kier molecular flexibility index (Phi) is 5.00. The molecule has 4 nitrogen and oxygen atoms in total. The molecular formula is C21H21N3O. The van der Waals surface area contributed by atoms with Crippen LogP contribution in [0.2, 0.25) is 0 Å². The number of amides is 1. The number of rotatable bonds is 6. The number of carbonyl (C=O) groups is 1. The Morgan fingerprint density at radius 3 is 2.40 bits per heavy atom. The van der Waals surface area contributed by atoms with Crippen LogP contribution in [-0.2, 0) is 4.79 Å². The zero-order valence-corrected chi connectivity index (χ0v) is 14.2. The Labute approximate surface area is 147 Å². The topological polar surface area (TPSA) is 44.4 Å². The maximum atomic E-state index is 12.2. The van der Waals surface area contributed by atoms with Gasteiger partial charge >= 0.3 is 0 Å². The molecule has 0 heterocycles. The molecule has 1 amide bonds. The van der Waals surface area contributed by atoms with Gasteiger partial charge in [0, 0.05) is 18.3 Å². The van der Waals surface area contributed by atoms with Crippen LogP contribution in [0.4, 0.5) is 5.69 Å². The molecule has 25 heavy (non-hydrogen) atoms. The summed E-state index contributed by atoms with van der Waals surface area (Å²) in [7, 11) is 1.88. The van der Waals surface area contributed by atoms with E-state index >= 15 is 0 Å². The van der Waals surface area contributed by atoms with Gasteiger partial charge in [0.1, 0.15) is 0 Å². The Morgan fingerprint density at radius 2 is 1.60 bits per heavy atom.